The van der Waals surface area contributed by atoms with Crippen molar-refractivity contribution in [2.24, 2.45) is 0 Å². The fourth-order valence-electron chi connectivity index (χ4n) is 0.707. The van der Waals surface area contributed by atoms with E-state index in [2.05, 4.69) is 5.73 Å². The van der Waals surface area contributed by atoms with Crippen LogP contribution in [0.1, 0.15) is 13.3 Å². The maximum atomic E-state index is 10.6. The standard InChI is InChI=1S/C8H8O/c1-7(9)8-5-3-2-4-6-8/h2,5-6H,3H2,1H3. The average molecular weight is 120 g/mol. The van der Waals surface area contributed by atoms with Gasteiger partial charge in [0.1, 0.15) is 0 Å². The van der Waals surface area contributed by atoms with Gasteiger partial charge in [0.05, 0.1) is 0 Å². The SMILES string of the molecule is CC(=O)C1=CCC=C=C1. The lowest BCUT2D eigenvalue weighted by Gasteiger charge is -1.94. The molecule has 1 aliphatic carbocycles. The van der Waals surface area contributed by atoms with Crippen molar-refractivity contribution < 1.29 is 4.79 Å². The molecule has 0 amide bonds. The molecule has 0 N–H and O–H groups in total. The van der Waals surface area contributed by atoms with Gasteiger partial charge in [-0.2, -0.15) is 0 Å². The Bertz CT molecular complexity index is 215. The summed E-state index contributed by atoms with van der Waals surface area (Å²) in [6.45, 7) is 1.56. The largest absolute Gasteiger partial charge is 0.295 e. The lowest BCUT2D eigenvalue weighted by atomic mass is 10.1. The minimum Gasteiger partial charge on any atom is -0.295 e. The Morgan fingerprint density at radius 3 is 2.89 bits per heavy atom. The summed E-state index contributed by atoms with van der Waals surface area (Å²) < 4.78 is 0. The van der Waals surface area contributed by atoms with Crippen LogP contribution in [-0.2, 0) is 4.79 Å². The molecule has 0 aliphatic heterocycles. The first-order valence-electron chi connectivity index (χ1n) is 2.93. The summed E-state index contributed by atoms with van der Waals surface area (Å²) in [7, 11) is 0. The van der Waals surface area contributed by atoms with Gasteiger partial charge in [-0.05, 0) is 25.5 Å². The molecular weight excluding hydrogens is 112 g/mol. The van der Waals surface area contributed by atoms with E-state index < -0.39 is 0 Å². The number of carbonyl (C=O) groups excluding carboxylic acids is 1. The van der Waals surface area contributed by atoms with Crippen LogP contribution in [0.5, 0.6) is 0 Å². The third-order valence-corrected chi connectivity index (χ3v) is 1.22. The fraction of sp³-hybridized carbons (Fsp3) is 0.250. The molecule has 0 aromatic rings. The molecule has 46 valence electrons. The Morgan fingerprint density at radius 2 is 2.56 bits per heavy atom. The Balaban J connectivity index is 2.84. The van der Waals surface area contributed by atoms with Crippen molar-refractivity contribution in [3.8, 4) is 0 Å². The molecular formula is C8H8O. The monoisotopic (exact) mass is 120 g/mol. The number of allylic oxidation sites excluding steroid dienone is 3. The quantitative estimate of drug-likeness (QED) is 0.480. The summed E-state index contributed by atoms with van der Waals surface area (Å²) in [6, 6.07) is 0. The number of hydrogen-bond acceptors (Lipinski definition) is 1. The van der Waals surface area contributed by atoms with Crippen molar-refractivity contribution in [3.05, 3.63) is 29.5 Å². The van der Waals surface area contributed by atoms with Gasteiger partial charge in [0.25, 0.3) is 0 Å². The molecule has 1 aliphatic rings. The van der Waals surface area contributed by atoms with Crippen LogP contribution in [0.3, 0.4) is 0 Å². The van der Waals surface area contributed by atoms with Gasteiger partial charge < -0.3 is 0 Å². The van der Waals surface area contributed by atoms with Crippen LogP contribution in [0.4, 0.5) is 0 Å². The number of rotatable bonds is 1. The first-order chi connectivity index (χ1) is 4.30. The lowest BCUT2D eigenvalue weighted by molar-refractivity contribution is -0.113. The molecule has 0 aromatic heterocycles. The fourth-order valence-corrected chi connectivity index (χ4v) is 0.707. The van der Waals surface area contributed by atoms with E-state index in [4.69, 9.17) is 0 Å². The molecule has 0 heterocycles. The van der Waals surface area contributed by atoms with Gasteiger partial charge in [-0.1, -0.05) is 6.08 Å². The highest BCUT2D eigenvalue weighted by molar-refractivity contribution is 5.96. The zero-order valence-electron chi connectivity index (χ0n) is 5.35. The number of carbonyl (C=O) groups is 1. The summed E-state index contributed by atoms with van der Waals surface area (Å²) >= 11 is 0. The minimum absolute atomic E-state index is 0.121. The number of Topliss-reactive ketones (excluding diaryl/α,β-unsaturated/α-hetero) is 1. The van der Waals surface area contributed by atoms with E-state index in [1.165, 1.54) is 0 Å². The molecule has 0 bridgehead atoms. The van der Waals surface area contributed by atoms with E-state index in [0.29, 0.717) is 0 Å². The normalized spacial score (nSPS) is 15.4. The van der Waals surface area contributed by atoms with Crippen molar-refractivity contribution in [1.82, 2.24) is 0 Å². The van der Waals surface area contributed by atoms with Crippen molar-refractivity contribution in [3.63, 3.8) is 0 Å². The highest BCUT2D eigenvalue weighted by Crippen LogP contribution is 2.04. The molecule has 0 aromatic carbocycles. The second kappa shape index (κ2) is 2.47. The summed E-state index contributed by atoms with van der Waals surface area (Å²) in [4.78, 5) is 10.6. The highest BCUT2D eigenvalue weighted by atomic mass is 16.1. The van der Waals surface area contributed by atoms with Crippen LogP contribution in [0.15, 0.2) is 29.5 Å². The first kappa shape index (κ1) is 6.06. The Labute approximate surface area is 54.4 Å². The molecule has 1 heteroatoms. The first-order valence-corrected chi connectivity index (χ1v) is 2.93. The highest BCUT2D eigenvalue weighted by Gasteiger charge is 1.98. The zero-order chi connectivity index (χ0) is 6.69. The Morgan fingerprint density at radius 1 is 1.78 bits per heavy atom. The zero-order valence-corrected chi connectivity index (χ0v) is 5.35. The topological polar surface area (TPSA) is 17.1 Å². The molecule has 0 saturated carbocycles. The summed E-state index contributed by atoms with van der Waals surface area (Å²) in [5, 5.41) is 0. The lowest BCUT2D eigenvalue weighted by Crippen LogP contribution is -1.93. The van der Waals surface area contributed by atoms with E-state index in [1.54, 1.807) is 13.0 Å². The van der Waals surface area contributed by atoms with E-state index in [1.807, 2.05) is 12.2 Å². The van der Waals surface area contributed by atoms with E-state index in [9.17, 15) is 4.79 Å². The molecule has 0 saturated heterocycles. The van der Waals surface area contributed by atoms with E-state index in [-0.39, 0.29) is 5.78 Å². The predicted molar refractivity (Wildman–Crippen MR) is 36.0 cm³/mol. The van der Waals surface area contributed by atoms with Crippen LogP contribution in [0.2, 0.25) is 0 Å². The summed E-state index contributed by atoms with van der Waals surface area (Å²) in [6.07, 6.45) is 6.35. The number of ketones is 1. The molecule has 0 spiro atoms. The third kappa shape index (κ3) is 1.41. The Hall–Kier alpha value is -1.07. The maximum Gasteiger partial charge on any atom is 0.160 e. The smallest absolute Gasteiger partial charge is 0.160 e. The molecule has 0 atom stereocenters. The van der Waals surface area contributed by atoms with Crippen molar-refractivity contribution in [1.29, 1.82) is 0 Å². The van der Waals surface area contributed by atoms with Gasteiger partial charge in [0.2, 0.25) is 0 Å². The molecule has 1 nitrogen and oxygen atoms in total. The maximum absolute atomic E-state index is 10.6. The number of hydrogen-bond donors (Lipinski definition) is 0. The predicted octanol–water partition coefficient (Wildman–Crippen LogP) is 1.62. The van der Waals surface area contributed by atoms with Crippen molar-refractivity contribution in [2.75, 3.05) is 0 Å². The molecule has 1 rings (SSSR count). The van der Waals surface area contributed by atoms with E-state index in [0.717, 1.165) is 12.0 Å². The average Bonchev–Trinajstić information content (AvgIpc) is 1.90. The van der Waals surface area contributed by atoms with Crippen LogP contribution >= 0.6 is 0 Å². The molecule has 0 radical (unpaired) electrons. The van der Waals surface area contributed by atoms with Crippen LogP contribution in [0, 0.1) is 0 Å². The molecule has 0 fully saturated rings. The molecule has 9 heavy (non-hydrogen) atoms. The van der Waals surface area contributed by atoms with Gasteiger partial charge >= 0.3 is 0 Å². The minimum atomic E-state index is 0.121. The Kier molecular flexibility index (Phi) is 1.66. The van der Waals surface area contributed by atoms with E-state index >= 15 is 0 Å². The van der Waals surface area contributed by atoms with Gasteiger partial charge in [-0.25, -0.2) is 0 Å². The van der Waals surface area contributed by atoms with Crippen LogP contribution in [-0.4, -0.2) is 5.78 Å². The van der Waals surface area contributed by atoms with Crippen LogP contribution < -0.4 is 0 Å². The van der Waals surface area contributed by atoms with Crippen LogP contribution in [0.25, 0.3) is 0 Å². The third-order valence-electron chi connectivity index (χ3n) is 1.22. The van der Waals surface area contributed by atoms with Gasteiger partial charge in [0, 0.05) is 5.57 Å². The second-order valence-electron chi connectivity index (χ2n) is 1.97. The van der Waals surface area contributed by atoms with Crippen molar-refractivity contribution >= 4 is 5.78 Å². The summed E-state index contributed by atoms with van der Waals surface area (Å²) in [5.41, 5.74) is 3.65. The second-order valence-corrected chi connectivity index (χ2v) is 1.97. The van der Waals surface area contributed by atoms with Gasteiger partial charge in [-0.3, -0.25) is 4.79 Å². The van der Waals surface area contributed by atoms with Gasteiger partial charge in [-0.15, -0.1) is 5.73 Å². The van der Waals surface area contributed by atoms with Crippen molar-refractivity contribution in [2.45, 2.75) is 13.3 Å². The molecule has 0 unspecified atom stereocenters. The van der Waals surface area contributed by atoms with Gasteiger partial charge in [0.15, 0.2) is 5.78 Å². The summed E-state index contributed by atoms with van der Waals surface area (Å²) in [5.74, 6) is 0.121.